The fourth-order valence-corrected chi connectivity index (χ4v) is 1.48. The highest BCUT2D eigenvalue weighted by Gasteiger charge is 2.03. The molecule has 16 heavy (non-hydrogen) atoms. The van der Waals surface area contributed by atoms with Crippen molar-refractivity contribution in [1.82, 2.24) is 4.98 Å². The summed E-state index contributed by atoms with van der Waals surface area (Å²) in [5.41, 5.74) is 3.04. The summed E-state index contributed by atoms with van der Waals surface area (Å²) in [5, 5.41) is 0. The minimum atomic E-state index is 0.525. The van der Waals surface area contributed by atoms with Crippen LogP contribution in [-0.2, 0) is 11.3 Å². The predicted octanol–water partition coefficient (Wildman–Crippen LogP) is 2.08. The van der Waals surface area contributed by atoms with Gasteiger partial charge in [-0.05, 0) is 31.0 Å². The molecule has 0 unspecified atom stereocenters. The van der Waals surface area contributed by atoms with Gasteiger partial charge in [0.1, 0.15) is 6.26 Å². The van der Waals surface area contributed by atoms with Crippen LogP contribution in [0.1, 0.15) is 11.3 Å². The van der Waals surface area contributed by atoms with Gasteiger partial charge in [-0.3, -0.25) is 0 Å². The summed E-state index contributed by atoms with van der Waals surface area (Å²) in [6, 6.07) is 8.01. The van der Waals surface area contributed by atoms with Gasteiger partial charge in [-0.1, -0.05) is 12.1 Å². The van der Waals surface area contributed by atoms with Crippen LogP contribution in [0.25, 0.3) is 11.5 Å². The molecule has 0 bridgehead atoms. The van der Waals surface area contributed by atoms with E-state index in [1.165, 1.54) is 5.56 Å². The Hall–Kier alpha value is -1.65. The van der Waals surface area contributed by atoms with Gasteiger partial charge in [0, 0.05) is 5.56 Å². The standard InChI is InChI=1S/C12H14N2O2/c1-9-8-15-12(14-9)11-4-2-10(3-5-11)6-7-16-13/h2-5,8H,6-7,13H2,1H3. The number of rotatable bonds is 4. The van der Waals surface area contributed by atoms with Gasteiger partial charge in [0.15, 0.2) is 0 Å². The molecular formula is C12H14N2O2. The minimum absolute atomic E-state index is 0.525. The number of hydrogen-bond acceptors (Lipinski definition) is 4. The molecule has 0 radical (unpaired) electrons. The van der Waals surface area contributed by atoms with Crippen molar-refractivity contribution in [3.63, 3.8) is 0 Å². The van der Waals surface area contributed by atoms with Crippen LogP contribution in [0.5, 0.6) is 0 Å². The van der Waals surface area contributed by atoms with E-state index >= 15 is 0 Å². The van der Waals surface area contributed by atoms with Crippen molar-refractivity contribution < 1.29 is 9.25 Å². The molecule has 2 N–H and O–H groups in total. The Bertz CT molecular complexity index is 448. The number of nitrogens with two attached hydrogens (primary N) is 1. The van der Waals surface area contributed by atoms with Crippen molar-refractivity contribution >= 4 is 0 Å². The molecule has 0 aliphatic rings. The van der Waals surface area contributed by atoms with Gasteiger partial charge in [-0.2, -0.15) is 0 Å². The molecule has 0 saturated heterocycles. The molecule has 0 fully saturated rings. The Morgan fingerprint density at radius 3 is 2.62 bits per heavy atom. The third kappa shape index (κ3) is 2.48. The van der Waals surface area contributed by atoms with Gasteiger partial charge in [-0.25, -0.2) is 10.9 Å². The number of aromatic nitrogens is 1. The first-order valence-corrected chi connectivity index (χ1v) is 5.13. The lowest BCUT2D eigenvalue weighted by Crippen LogP contribution is -2.03. The van der Waals surface area contributed by atoms with Crippen LogP contribution >= 0.6 is 0 Å². The Balaban J connectivity index is 2.13. The molecule has 1 aromatic carbocycles. The number of benzene rings is 1. The Kier molecular flexibility index (Phi) is 3.34. The van der Waals surface area contributed by atoms with E-state index in [-0.39, 0.29) is 0 Å². The van der Waals surface area contributed by atoms with E-state index in [2.05, 4.69) is 9.82 Å². The van der Waals surface area contributed by atoms with E-state index in [1.54, 1.807) is 6.26 Å². The smallest absolute Gasteiger partial charge is 0.226 e. The first-order valence-electron chi connectivity index (χ1n) is 5.13. The normalized spacial score (nSPS) is 10.6. The van der Waals surface area contributed by atoms with Crippen LogP contribution in [0.4, 0.5) is 0 Å². The molecule has 0 aliphatic heterocycles. The van der Waals surface area contributed by atoms with Gasteiger partial charge in [0.25, 0.3) is 0 Å². The second-order valence-electron chi connectivity index (χ2n) is 3.61. The van der Waals surface area contributed by atoms with Crippen molar-refractivity contribution in [1.29, 1.82) is 0 Å². The molecule has 2 rings (SSSR count). The lowest BCUT2D eigenvalue weighted by molar-refractivity contribution is 0.141. The average Bonchev–Trinajstić information content (AvgIpc) is 2.74. The van der Waals surface area contributed by atoms with Gasteiger partial charge < -0.3 is 9.25 Å². The molecular weight excluding hydrogens is 204 g/mol. The van der Waals surface area contributed by atoms with Crippen LogP contribution in [0.2, 0.25) is 0 Å². The van der Waals surface area contributed by atoms with E-state index in [1.807, 2.05) is 31.2 Å². The van der Waals surface area contributed by atoms with E-state index in [4.69, 9.17) is 10.3 Å². The van der Waals surface area contributed by atoms with Crippen molar-refractivity contribution in [2.45, 2.75) is 13.3 Å². The third-order valence-electron chi connectivity index (χ3n) is 2.33. The zero-order valence-electron chi connectivity index (χ0n) is 9.14. The second kappa shape index (κ2) is 4.92. The summed E-state index contributed by atoms with van der Waals surface area (Å²) < 4.78 is 5.32. The number of aryl methyl sites for hydroxylation is 1. The minimum Gasteiger partial charge on any atom is -0.444 e. The lowest BCUT2D eigenvalue weighted by Gasteiger charge is -2.00. The fraction of sp³-hybridized carbons (Fsp3) is 0.250. The summed E-state index contributed by atoms with van der Waals surface area (Å²) in [6.07, 6.45) is 2.45. The topological polar surface area (TPSA) is 61.3 Å². The summed E-state index contributed by atoms with van der Waals surface area (Å²) in [5.74, 6) is 5.63. The summed E-state index contributed by atoms with van der Waals surface area (Å²) in [6.45, 7) is 2.43. The van der Waals surface area contributed by atoms with Crippen LogP contribution in [0.15, 0.2) is 34.9 Å². The molecule has 4 nitrogen and oxygen atoms in total. The molecule has 0 amide bonds. The van der Waals surface area contributed by atoms with Crippen LogP contribution in [0.3, 0.4) is 0 Å². The average molecular weight is 218 g/mol. The SMILES string of the molecule is Cc1coc(-c2ccc(CCON)cc2)n1. The highest BCUT2D eigenvalue weighted by molar-refractivity contribution is 5.53. The third-order valence-corrected chi connectivity index (χ3v) is 2.33. The van der Waals surface area contributed by atoms with Gasteiger partial charge in [0.2, 0.25) is 5.89 Å². The van der Waals surface area contributed by atoms with Crippen LogP contribution in [-0.4, -0.2) is 11.6 Å². The first-order chi connectivity index (χ1) is 7.79. The number of oxazole rings is 1. The number of hydrogen-bond donors (Lipinski definition) is 1. The molecule has 0 atom stereocenters. The summed E-state index contributed by atoms with van der Waals surface area (Å²) in [4.78, 5) is 8.79. The second-order valence-corrected chi connectivity index (χ2v) is 3.61. The highest BCUT2D eigenvalue weighted by Crippen LogP contribution is 2.18. The first kappa shape index (κ1) is 10.9. The van der Waals surface area contributed by atoms with E-state index in [9.17, 15) is 0 Å². The quantitative estimate of drug-likeness (QED) is 0.798. The Labute approximate surface area is 94.0 Å². The van der Waals surface area contributed by atoms with Gasteiger partial charge >= 0.3 is 0 Å². The molecule has 4 heteroatoms. The zero-order valence-corrected chi connectivity index (χ0v) is 9.14. The molecule has 2 aromatic rings. The maximum absolute atomic E-state index is 5.32. The Morgan fingerprint density at radius 1 is 1.31 bits per heavy atom. The maximum Gasteiger partial charge on any atom is 0.226 e. The molecule has 1 heterocycles. The van der Waals surface area contributed by atoms with Gasteiger partial charge in [-0.15, -0.1) is 0 Å². The molecule has 0 spiro atoms. The van der Waals surface area contributed by atoms with Crippen molar-refractivity contribution in [2.75, 3.05) is 6.61 Å². The van der Waals surface area contributed by atoms with Crippen LogP contribution < -0.4 is 5.90 Å². The summed E-state index contributed by atoms with van der Waals surface area (Å²) in [7, 11) is 0. The predicted molar refractivity (Wildman–Crippen MR) is 60.5 cm³/mol. The monoisotopic (exact) mass is 218 g/mol. The molecule has 1 aromatic heterocycles. The van der Waals surface area contributed by atoms with Crippen molar-refractivity contribution in [2.24, 2.45) is 5.90 Å². The largest absolute Gasteiger partial charge is 0.444 e. The van der Waals surface area contributed by atoms with Crippen molar-refractivity contribution in [3.05, 3.63) is 41.8 Å². The summed E-state index contributed by atoms with van der Waals surface area (Å²) >= 11 is 0. The Morgan fingerprint density at radius 2 is 2.06 bits per heavy atom. The van der Waals surface area contributed by atoms with E-state index in [0.717, 1.165) is 17.7 Å². The lowest BCUT2D eigenvalue weighted by atomic mass is 10.1. The maximum atomic E-state index is 5.32. The highest BCUT2D eigenvalue weighted by atomic mass is 16.6. The molecule has 0 aliphatic carbocycles. The van der Waals surface area contributed by atoms with Crippen LogP contribution in [0, 0.1) is 6.92 Å². The zero-order chi connectivity index (χ0) is 11.4. The van der Waals surface area contributed by atoms with Gasteiger partial charge in [0.05, 0.1) is 12.3 Å². The molecule has 84 valence electrons. The number of nitrogens with zero attached hydrogens (tertiary/aromatic N) is 1. The van der Waals surface area contributed by atoms with E-state index < -0.39 is 0 Å². The van der Waals surface area contributed by atoms with Crippen molar-refractivity contribution in [3.8, 4) is 11.5 Å². The molecule has 0 saturated carbocycles. The fourth-order valence-electron chi connectivity index (χ4n) is 1.48. The van der Waals surface area contributed by atoms with E-state index in [0.29, 0.717) is 12.5 Å².